The number of hydrogen-bond donors (Lipinski definition) is 0. The maximum absolute atomic E-state index is 12.3. The summed E-state index contributed by atoms with van der Waals surface area (Å²) in [5.74, 6) is 1.09. The second-order valence-electron chi connectivity index (χ2n) is 6.51. The van der Waals surface area contributed by atoms with Crippen LogP contribution in [0.5, 0.6) is 0 Å². The lowest BCUT2D eigenvalue weighted by Crippen LogP contribution is -2.44. The van der Waals surface area contributed by atoms with E-state index >= 15 is 0 Å². The summed E-state index contributed by atoms with van der Waals surface area (Å²) >= 11 is 0. The zero-order chi connectivity index (χ0) is 15.7. The summed E-state index contributed by atoms with van der Waals surface area (Å²) in [6.07, 6.45) is 2.88. The lowest BCUT2D eigenvalue weighted by molar-refractivity contribution is -0.133. The van der Waals surface area contributed by atoms with Gasteiger partial charge in [0.15, 0.2) is 0 Å². The molecular formula is C14H22N6O2. The highest BCUT2D eigenvalue weighted by Gasteiger charge is 2.44. The standard InChI is InChI=1S/C14H22N6O2/c1-11-15-16-17-20(11)6-3-12(21)19-7-4-14(5-8-19)9-13(22)18(2)10-14/h3-10H2,1-2H3. The number of hydrogen-bond acceptors (Lipinski definition) is 5. The van der Waals surface area contributed by atoms with Crippen molar-refractivity contribution in [3.63, 3.8) is 0 Å². The lowest BCUT2D eigenvalue weighted by Gasteiger charge is -2.38. The van der Waals surface area contributed by atoms with Gasteiger partial charge in [0.1, 0.15) is 5.82 Å². The first-order chi connectivity index (χ1) is 10.5. The zero-order valence-corrected chi connectivity index (χ0v) is 13.2. The molecule has 2 aliphatic rings. The van der Waals surface area contributed by atoms with E-state index in [9.17, 15) is 9.59 Å². The van der Waals surface area contributed by atoms with Gasteiger partial charge in [-0.1, -0.05) is 0 Å². The van der Waals surface area contributed by atoms with Crippen LogP contribution in [0.2, 0.25) is 0 Å². The summed E-state index contributed by atoms with van der Waals surface area (Å²) < 4.78 is 1.65. The summed E-state index contributed by atoms with van der Waals surface area (Å²) in [6.45, 7) is 4.66. The number of nitrogens with zero attached hydrogens (tertiary/aromatic N) is 6. The summed E-state index contributed by atoms with van der Waals surface area (Å²) in [4.78, 5) is 27.8. The molecule has 2 aliphatic heterocycles. The highest BCUT2D eigenvalue weighted by atomic mass is 16.2. The molecule has 2 fully saturated rings. The number of aromatic nitrogens is 4. The molecule has 0 bridgehead atoms. The Morgan fingerprint density at radius 1 is 1.32 bits per heavy atom. The first-order valence-electron chi connectivity index (χ1n) is 7.74. The lowest BCUT2D eigenvalue weighted by atomic mass is 9.77. The van der Waals surface area contributed by atoms with Gasteiger partial charge in [0.05, 0.1) is 6.54 Å². The fraction of sp³-hybridized carbons (Fsp3) is 0.786. The third kappa shape index (κ3) is 2.82. The highest BCUT2D eigenvalue weighted by molar-refractivity contribution is 5.79. The van der Waals surface area contributed by atoms with E-state index in [0.29, 0.717) is 19.4 Å². The van der Waals surface area contributed by atoms with Gasteiger partial charge < -0.3 is 9.80 Å². The monoisotopic (exact) mass is 306 g/mol. The van der Waals surface area contributed by atoms with E-state index in [1.54, 1.807) is 4.68 Å². The second kappa shape index (κ2) is 5.66. The van der Waals surface area contributed by atoms with Crippen LogP contribution in [-0.2, 0) is 16.1 Å². The molecule has 0 aromatic carbocycles. The van der Waals surface area contributed by atoms with Crippen LogP contribution in [0.3, 0.4) is 0 Å². The molecule has 2 amide bonds. The van der Waals surface area contributed by atoms with E-state index in [2.05, 4.69) is 15.5 Å². The molecule has 3 rings (SSSR count). The number of tetrazole rings is 1. The summed E-state index contributed by atoms with van der Waals surface area (Å²) in [5.41, 5.74) is 0.0923. The van der Waals surface area contributed by atoms with E-state index in [0.717, 1.165) is 38.3 Å². The van der Waals surface area contributed by atoms with Crippen LogP contribution < -0.4 is 0 Å². The van der Waals surface area contributed by atoms with Crippen LogP contribution in [0.15, 0.2) is 0 Å². The molecule has 0 radical (unpaired) electrons. The average Bonchev–Trinajstić information content (AvgIpc) is 3.01. The Hall–Kier alpha value is -1.99. The molecule has 0 unspecified atom stereocenters. The van der Waals surface area contributed by atoms with Crippen molar-refractivity contribution in [3.8, 4) is 0 Å². The van der Waals surface area contributed by atoms with Crippen molar-refractivity contribution in [3.05, 3.63) is 5.82 Å². The van der Waals surface area contributed by atoms with Crippen molar-refractivity contribution >= 4 is 11.8 Å². The third-order valence-corrected chi connectivity index (χ3v) is 4.95. The summed E-state index contributed by atoms with van der Waals surface area (Å²) in [7, 11) is 1.86. The van der Waals surface area contributed by atoms with E-state index < -0.39 is 0 Å². The number of rotatable bonds is 3. The van der Waals surface area contributed by atoms with E-state index in [1.807, 2.05) is 23.8 Å². The van der Waals surface area contributed by atoms with Crippen molar-refractivity contribution in [1.29, 1.82) is 0 Å². The topological polar surface area (TPSA) is 84.2 Å². The molecule has 0 saturated carbocycles. The zero-order valence-electron chi connectivity index (χ0n) is 13.2. The van der Waals surface area contributed by atoms with Crippen LogP contribution in [-0.4, -0.2) is 68.5 Å². The van der Waals surface area contributed by atoms with Gasteiger partial charge in [-0.25, -0.2) is 4.68 Å². The molecule has 0 aliphatic carbocycles. The van der Waals surface area contributed by atoms with Gasteiger partial charge in [0.25, 0.3) is 0 Å². The maximum atomic E-state index is 12.3. The largest absolute Gasteiger partial charge is 0.345 e. The quantitative estimate of drug-likeness (QED) is 0.775. The van der Waals surface area contributed by atoms with Gasteiger partial charge in [-0.15, -0.1) is 5.10 Å². The van der Waals surface area contributed by atoms with E-state index in [4.69, 9.17) is 0 Å². The Morgan fingerprint density at radius 3 is 2.59 bits per heavy atom. The number of carbonyl (C=O) groups excluding carboxylic acids is 2. The van der Waals surface area contributed by atoms with Crippen molar-refractivity contribution in [1.82, 2.24) is 30.0 Å². The summed E-state index contributed by atoms with van der Waals surface area (Å²) in [6, 6.07) is 0. The van der Waals surface area contributed by atoms with Gasteiger partial charge in [-0.05, 0) is 30.2 Å². The molecule has 1 aromatic rings. The minimum Gasteiger partial charge on any atom is -0.345 e. The number of likely N-dealkylation sites (tertiary alicyclic amines) is 2. The van der Waals surface area contributed by atoms with E-state index in [1.165, 1.54) is 0 Å². The third-order valence-electron chi connectivity index (χ3n) is 4.95. The SMILES string of the molecule is Cc1nnnn1CCC(=O)N1CCC2(CC1)CC(=O)N(C)C2. The van der Waals surface area contributed by atoms with Crippen molar-refractivity contribution < 1.29 is 9.59 Å². The Balaban J connectivity index is 1.50. The van der Waals surface area contributed by atoms with Gasteiger partial charge >= 0.3 is 0 Å². The second-order valence-corrected chi connectivity index (χ2v) is 6.51. The van der Waals surface area contributed by atoms with Crippen molar-refractivity contribution in [2.75, 3.05) is 26.7 Å². The Bertz CT molecular complexity index is 576. The smallest absolute Gasteiger partial charge is 0.224 e. The van der Waals surface area contributed by atoms with Crippen LogP contribution in [0, 0.1) is 12.3 Å². The molecule has 0 N–H and O–H groups in total. The predicted octanol–water partition coefficient (Wildman–Crippen LogP) is -0.157. The number of piperidine rings is 1. The Labute approximate surface area is 129 Å². The van der Waals surface area contributed by atoms with Crippen molar-refractivity contribution in [2.24, 2.45) is 5.41 Å². The van der Waals surface area contributed by atoms with Gasteiger partial charge in [-0.3, -0.25) is 9.59 Å². The molecule has 2 saturated heterocycles. The maximum Gasteiger partial charge on any atom is 0.224 e. The van der Waals surface area contributed by atoms with Gasteiger partial charge in [-0.2, -0.15) is 0 Å². The fourth-order valence-corrected chi connectivity index (χ4v) is 3.48. The molecule has 8 nitrogen and oxygen atoms in total. The van der Waals surface area contributed by atoms with E-state index in [-0.39, 0.29) is 17.2 Å². The highest BCUT2D eigenvalue weighted by Crippen LogP contribution is 2.40. The molecular weight excluding hydrogens is 284 g/mol. The number of amides is 2. The number of aryl methyl sites for hydroxylation is 2. The van der Waals surface area contributed by atoms with Gasteiger partial charge in [0, 0.05) is 44.9 Å². The first-order valence-corrected chi connectivity index (χ1v) is 7.74. The van der Waals surface area contributed by atoms with Crippen LogP contribution >= 0.6 is 0 Å². The molecule has 22 heavy (non-hydrogen) atoms. The molecule has 1 spiro atoms. The van der Waals surface area contributed by atoms with Crippen LogP contribution in [0.4, 0.5) is 0 Å². The number of carbonyl (C=O) groups is 2. The van der Waals surface area contributed by atoms with Crippen LogP contribution in [0.1, 0.15) is 31.5 Å². The van der Waals surface area contributed by atoms with Crippen LogP contribution in [0.25, 0.3) is 0 Å². The molecule has 0 atom stereocenters. The predicted molar refractivity (Wildman–Crippen MR) is 77.7 cm³/mol. The summed E-state index contributed by atoms with van der Waals surface area (Å²) in [5, 5.41) is 11.2. The fourth-order valence-electron chi connectivity index (χ4n) is 3.48. The minimum absolute atomic E-state index is 0.0923. The molecule has 3 heterocycles. The minimum atomic E-state index is 0.0923. The Kier molecular flexibility index (Phi) is 3.84. The van der Waals surface area contributed by atoms with Gasteiger partial charge in [0.2, 0.25) is 11.8 Å². The molecule has 1 aromatic heterocycles. The Morgan fingerprint density at radius 2 is 2.05 bits per heavy atom. The average molecular weight is 306 g/mol. The van der Waals surface area contributed by atoms with Crippen molar-refractivity contribution in [2.45, 2.75) is 39.2 Å². The normalized spacial score (nSPS) is 20.9. The molecule has 120 valence electrons. The first kappa shape index (κ1) is 14.9. The molecule has 8 heteroatoms.